The van der Waals surface area contributed by atoms with Gasteiger partial charge in [0, 0.05) is 36.9 Å². The van der Waals surface area contributed by atoms with Crippen LogP contribution in [-0.2, 0) is 16.1 Å². The zero-order valence-electron chi connectivity index (χ0n) is 20.6. The van der Waals surface area contributed by atoms with Crippen LogP contribution in [0.15, 0.2) is 42.6 Å². The Morgan fingerprint density at radius 2 is 1.97 bits per heavy atom. The molecule has 2 aliphatic rings. The van der Waals surface area contributed by atoms with E-state index >= 15 is 0 Å². The Balaban J connectivity index is 1.26. The maximum Gasteiger partial charge on any atom is 0.254 e. The summed E-state index contributed by atoms with van der Waals surface area (Å²) in [5.41, 5.74) is 2.84. The van der Waals surface area contributed by atoms with E-state index in [0.717, 1.165) is 30.5 Å². The minimum absolute atomic E-state index is 0.176. The van der Waals surface area contributed by atoms with Crippen molar-refractivity contribution in [3.8, 4) is 11.3 Å². The molecular formula is C27H26ClF2N5O3. The fourth-order valence-electron chi connectivity index (χ4n) is 4.63. The number of halogens is 3. The van der Waals surface area contributed by atoms with Gasteiger partial charge in [0.25, 0.3) is 5.91 Å². The van der Waals surface area contributed by atoms with Crippen molar-refractivity contribution in [2.45, 2.75) is 38.4 Å². The van der Waals surface area contributed by atoms with E-state index in [4.69, 9.17) is 16.3 Å². The Labute approximate surface area is 223 Å². The van der Waals surface area contributed by atoms with E-state index < -0.39 is 23.6 Å². The molecule has 0 radical (unpaired) electrons. The highest BCUT2D eigenvalue weighted by Gasteiger charge is 2.30. The lowest BCUT2D eigenvalue weighted by Gasteiger charge is -2.23. The molecule has 8 nitrogen and oxygen atoms in total. The molecule has 0 aliphatic carbocycles. The van der Waals surface area contributed by atoms with E-state index in [-0.39, 0.29) is 25.0 Å². The van der Waals surface area contributed by atoms with Crippen LogP contribution in [0.25, 0.3) is 11.3 Å². The van der Waals surface area contributed by atoms with E-state index in [9.17, 15) is 18.4 Å². The predicted octanol–water partition coefficient (Wildman–Crippen LogP) is 4.50. The number of benzene rings is 2. The van der Waals surface area contributed by atoms with Crippen LogP contribution in [0.1, 0.15) is 47.3 Å². The second-order valence-electron chi connectivity index (χ2n) is 9.42. The van der Waals surface area contributed by atoms with Crippen LogP contribution in [-0.4, -0.2) is 52.5 Å². The predicted molar refractivity (Wildman–Crippen MR) is 138 cm³/mol. The fraction of sp³-hybridized carbons (Fsp3) is 0.333. The first-order valence-corrected chi connectivity index (χ1v) is 12.7. The normalized spacial score (nSPS) is 16.3. The summed E-state index contributed by atoms with van der Waals surface area (Å²) in [5, 5.41) is 6.41. The molecule has 0 spiro atoms. The van der Waals surface area contributed by atoms with Crippen molar-refractivity contribution in [1.29, 1.82) is 0 Å². The highest BCUT2D eigenvalue weighted by atomic mass is 35.5. The van der Waals surface area contributed by atoms with Gasteiger partial charge in [-0.2, -0.15) is 0 Å². The number of carbonyl (C=O) groups excluding carboxylic acids is 2. The smallest absolute Gasteiger partial charge is 0.254 e. The zero-order valence-corrected chi connectivity index (χ0v) is 21.4. The molecule has 2 amide bonds. The van der Waals surface area contributed by atoms with Crippen molar-refractivity contribution in [2.24, 2.45) is 0 Å². The van der Waals surface area contributed by atoms with Gasteiger partial charge in [0.2, 0.25) is 11.9 Å². The minimum Gasteiger partial charge on any atom is -0.381 e. The summed E-state index contributed by atoms with van der Waals surface area (Å²) in [6, 6.07) is 8.51. The lowest BCUT2D eigenvalue weighted by molar-refractivity contribution is -0.122. The highest BCUT2D eigenvalue weighted by molar-refractivity contribution is 6.33. The van der Waals surface area contributed by atoms with Gasteiger partial charge in [-0.05, 0) is 49.1 Å². The lowest BCUT2D eigenvalue weighted by atomic mass is 10.0. The van der Waals surface area contributed by atoms with Crippen LogP contribution in [0.5, 0.6) is 0 Å². The molecule has 1 saturated heterocycles. The lowest BCUT2D eigenvalue weighted by Crippen LogP contribution is -2.38. The van der Waals surface area contributed by atoms with Gasteiger partial charge in [-0.3, -0.25) is 9.59 Å². The SMILES string of the molecule is CC(NC(=O)CN1Cc2ccc(-c3nc(NC4CCOCC4)ncc3Cl)cc2C1=O)c1ccc(F)c(F)c1. The van der Waals surface area contributed by atoms with Crippen molar-refractivity contribution >= 4 is 29.4 Å². The number of aromatic nitrogens is 2. The third-order valence-electron chi connectivity index (χ3n) is 6.72. The molecule has 0 saturated carbocycles. The molecule has 38 heavy (non-hydrogen) atoms. The second-order valence-corrected chi connectivity index (χ2v) is 9.82. The second kappa shape index (κ2) is 11.0. The van der Waals surface area contributed by atoms with Crippen molar-refractivity contribution < 1.29 is 23.1 Å². The van der Waals surface area contributed by atoms with Crippen LogP contribution in [0, 0.1) is 11.6 Å². The Morgan fingerprint density at radius 3 is 2.74 bits per heavy atom. The summed E-state index contributed by atoms with van der Waals surface area (Å²) < 4.78 is 32.2. The van der Waals surface area contributed by atoms with E-state index in [2.05, 4.69) is 20.6 Å². The molecule has 11 heteroatoms. The third kappa shape index (κ3) is 5.61. The van der Waals surface area contributed by atoms with Crippen molar-refractivity contribution in [1.82, 2.24) is 20.2 Å². The van der Waals surface area contributed by atoms with E-state index in [0.29, 0.717) is 46.6 Å². The van der Waals surface area contributed by atoms with Gasteiger partial charge in [-0.25, -0.2) is 18.7 Å². The highest BCUT2D eigenvalue weighted by Crippen LogP contribution is 2.31. The average molecular weight is 542 g/mol. The van der Waals surface area contributed by atoms with Gasteiger partial charge in [-0.15, -0.1) is 0 Å². The Morgan fingerprint density at radius 1 is 1.18 bits per heavy atom. The number of nitrogens with one attached hydrogen (secondary N) is 2. The molecule has 198 valence electrons. The number of hydrogen-bond donors (Lipinski definition) is 2. The van der Waals surface area contributed by atoms with Crippen molar-refractivity contribution in [2.75, 3.05) is 25.1 Å². The molecule has 1 unspecified atom stereocenters. The standard InChI is InChI=1S/C27H26ClF2N5O3/c1-15(16-4-5-22(29)23(30)11-16)32-24(36)14-35-13-18-3-2-17(10-20(18)26(35)37)25-21(28)12-31-27(34-25)33-19-6-8-38-9-7-19/h2-5,10-12,15,19H,6-9,13-14H2,1H3,(H,32,36)(H,31,33,34). The maximum atomic E-state index is 13.6. The molecule has 2 aromatic carbocycles. The molecule has 1 fully saturated rings. The monoisotopic (exact) mass is 541 g/mol. The van der Waals surface area contributed by atoms with E-state index in [1.165, 1.54) is 17.2 Å². The number of carbonyl (C=O) groups is 2. The summed E-state index contributed by atoms with van der Waals surface area (Å²) >= 11 is 6.41. The Bertz CT molecular complexity index is 1380. The van der Waals surface area contributed by atoms with Gasteiger partial charge < -0.3 is 20.3 Å². The average Bonchev–Trinajstić information content (AvgIpc) is 3.21. The van der Waals surface area contributed by atoms with E-state index in [1.807, 2.05) is 12.1 Å². The van der Waals surface area contributed by atoms with E-state index in [1.54, 1.807) is 13.0 Å². The number of hydrogen-bond acceptors (Lipinski definition) is 6. The number of ether oxygens (including phenoxy) is 1. The fourth-order valence-corrected chi connectivity index (χ4v) is 4.83. The maximum absolute atomic E-state index is 13.6. The topological polar surface area (TPSA) is 96.5 Å². The summed E-state index contributed by atoms with van der Waals surface area (Å²) in [6.07, 6.45) is 3.25. The number of fused-ring (bicyclic) bond motifs is 1. The quantitative estimate of drug-likeness (QED) is 0.457. The van der Waals surface area contributed by atoms with Gasteiger partial charge in [0.15, 0.2) is 11.6 Å². The molecule has 5 rings (SSSR count). The largest absolute Gasteiger partial charge is 0.381 e. The number of amides is 2. The third-order valence-corrected chi connectivity index (χ3v) is 6.99. The Hall–Kier alpha value is -3.63. The number of anilines is 1. The first-order chi connectivity index (χ1) is 18.3. The molecule has 2 N–H and O–H groups in total. The first kappa shape index (κ1) is 26.0. The summed E-state index contributed by atoms with van der Waals surface area (Å²) in [7, 11) is 0. The number of rotatable bonds is 7. The molecule has 1 aromatic heterocycles. The minimum atomic E-state index is -0.986. The van der Waals surface area contributed by atoms with Gasteiger partial charge in [0.1, 0.15) is 6.54 Å². The van der Waals surface area contributed by atoms with Crippen LogP contribution in [0.3, 0.4) is 0 Å². The molecule has 1 atom stereocenters. The van der Waals surface area contributed by atoms with Crippen molar-refractivity contribution in [3.63, 3.8) is 0 Å². The zero-order chi connectivity index (χ0) is 26.8. The summed E-state index contributed by atoms with van der Waals surface area (Å²) in [6.45, 7) is 3.13. The van der Waals surface area contributed by atoms with Gasteiger partial charge >= 0.3 is 0 Å². The summed E-state index contributed by atoms with van der Waals surface area (Å²) in [5.74, 6) is -2.19. The van der Waals surface area contributed by atoms with Gasteiger partial charge in [-0.1, -0.05) is 29.8 Å². The van der Waals surface area contributed by atoms with Crippen LogP contribution in [0.2, 0.25) is 5.02 Å². The first-order valence-electron chi connectivity index (χ1n) is 12.3. The van der Waals surface area contributed by atoms with Gasteiger partial charge in [0.05, 0.1) is 23.0 Å². The van der Waals surface area contributed by atoms with Crippen LogP contribution < -0.4 is 10.6 Å². The Kier molecular flexibility index (Phi) is 7.53. The molecule has 2 aliphatic heterocycles. The molecule has 3 aromatic rings. The van der Waals surface area contributed by atoms with Crippen LogP contribution in [0.4, 0.5) is 14.7 Å². The van der Waals surface area contributed by atoms with Crippen molar-refractivity contribution in [3.05, 3.63) is 75.9 Å². The summed E-state index contributed by atoms with van der Waals surface area (Å²) in [4.78, 5) is 36.1. The number of nitrogens with zero attached hydrogens (tertiary/aromatic N) is 3. The molecule has 0 bridgehead atoms. The van der Waals surface area contributed by atoms with Crippen LogP contribution >= 0.6 is 11.6 Å². The molecular weight excluding hydrogens is 516 g/mol. The molecule has 3 heterocycles.